The van der Waals surface area contributed by atoms with Crippen LogP contribution in [0.4, 0.5) is 4.39 Å². The molecule has 1 N–H and O–H groups in total. The predicted molar refractivity (Wildman–Crippen MR) is 46.9 cm³/mol. The maximum Gasteiger partial charge on any atom is 0.333 e. The highest BCUT2D eigenvalue weighted by Crippen LogP contribution is 2.13. The molecule has 0 aromatic rings. The number of carboxylic acid groups (broad SMARTS) is 1. The van der Waals surface area contributed by atoms with E-state index < -0.39 is 17.7 Å². The lowest BCUT2D eigenvalue weighted by atomic mass is 9.99. The van der Waals surface area contributed by atoms with E-state index in [1.165, 1.54) is 0 Å². The van der Waals surface area contributed by atoms with Crippen molar-refractivity contribution >= 4 is 12.3 Å². The van der Waals surface area contributed by atoms with E-state index in [0.717, 1.165) is 12.2 Å². The number of aliphatic carboxylic acids is 1. The third-order valence-corrected chi connectivity index (χ3v) is 1.68. The largest absolute Gasteiger partial charge is 0.478 e. The minimum atomic E-state index is -1.26. The van der Waals surface area contributed by atoms with Crippen molar-refractivity contribution in [2.75, 3.05) is 0 Å². The second-order valence-electron chi connectivity index (χ2n) is 2.65. The summed E-state index contributed by atoms with van der Waals surface area (Å²) in [6.07, 6.45) is 2.44. The zero-order valence-electron chi connectivity index (χ0n) is 7.16. The van der Waals surface area contributed by atoms with E-state index in [9.17, 15) is 14.0 Å². The van der Waals surface area contributed by atoms with Crippen LogP contribution in [0.5, 0.6) is 0 Å². The number of aldehydes is 1. The molecular weight excluding hydrogens is 187 g/mol. The average molecular weight is 194 g/mol. The van der Waals surface area contributed by atoms with Crippen molar-refractivity contribution in [3.05, 3.63) is 23.6 Å². The third-order valence-electron chi connectivity index (χ3n) is 1.68. The van der Waals surface area contributed by atoms with Crippen LogP contribution < -0.4 is 0 Å². The lowest BCUT2D eigenvalue weighted by Crippen LogP contribution is -2.12. The Hall–Kier alpha value is -1.89. The Kier molecular flexibility index (Phi) is 3.19. The van der Waals surface area contributed by atoms with Gasteiger partial charge in [-0.15, -0.1) is 0 Å². The fourth-order valence-corrected chi connectivity index (χ4v) is 0.978. The number of hydrogen-bond acceptors (Lipinski definition) is 2. The molecule has 3 nitrogen and oxygen atoms in total. The summed E-state index contributed by atoms with van der Waals surface area (Å²) in [5, 5.41) is 8.70. The van der Waals surface area contributed by atoms with Crippen molar-refractivity contribution in [3.63, 3.8) is 0 Å². The Morgan fingerprint density at radius 2 is 2.36 bits per heavy atom. The monoisotopic (exact) mass is 194 g/mol. The average Bonchev–Trinajstić information content (AvgIpc) is 2.10. The molecule has 0 heterocycles. The van der Waals surface area contributed by atoms with Crippen LogP contribution in [0, 0.1) is 17.8 Å². The van der Waals surface area contributed by atoms with Crippen LogP contribution in [0.1, 0.15) is 6.42 Å². The van der Waals surface area contributed by atoms with E-state index in [1.54, 1.807) is 0 Å². The highest BCUT2D eigenvalue weighted by molar-refractivity contribution is 5.93. The van der Waals surface area contributed by atoms with Gasteiger partial charge in [-0.3, -0.25) is 0 Å². The smallest absolute Gasteiger partial charge is 0.333 e. The molecule has 72 valence electrons. The van der Waals surface area contributed by atoms with E-state index >= 15 is 0 Å². The van der Waals surface area contributed by atoms with Gasteiger partial charge in [0.2, 0.25) is 0 Å². The quantitative estimate of drug-likeness (QED) is 0.528. The van der Waals surface area contributed by atoms with E-state index in [2.05, 4.69) is 11.8 Å². The number of carbonyl (C=O) groups excluding carboxylic acids is 1. The fraction of sp³-hybridized carbons (Fsp3) is 0.200. The van der Waals surface area contributed by atoms with Crippen molar-refractivity contribution in [1.82, 2.24) is 0 Å². The van der Waals surface area contributed by atoms with Crippen molar-refractivity contribution in [2.24, 2.45) is 5.92 Å². The first-order valence-corrected chi connectivity index (χ1v) is 3.88. The molecule has 0 fully saturated rings. The summed E-state index contributed by atoms with van der Waals surface area (Å²) in [5.74, 6) is 2.03. The predicted octanol–water partition coefficient (Wildman–Crippen LogP) is 1.07. The zero-order valence-corrected chi connectivity index (χ0v) is 7.16. The van der Waals surface area contributed by atoms with E-state index in [4.69, 9.17) is 5.11 Å². The first-order valence-electron chi connectivity index (χ1n) is 3.88. The van der Waals surface area contributed by atoms with Gasteiger partial charge in [0, 0.05) is 0 Å². The Bertz CT molecular complexity index is 382. The second-order valence-corrected chi connectivity index (χ2v) is 2.65. The van der Waals surface area contributed by atoms with Crippen molar-refractivity contribution in [3.8, 4) is 11.8 Å². The standard InChI is InChI=1S/C10H7FO3/c11-8-3-1-2-7(6-12)9(5-4-8)10(13)14/h4-7H,3H2,(H,13,14)/b8-4+,9-5?/t7-/m1/s1. The number of allylic oxidation sites excluding steroid dienone is 3. The Morgan fingerprint density at radius 3 is 2.93 bits per heavy atom. The van der Waals surface area contributed by atoms with Crippen LogP contribution in [-0.2, 0) is 9.59 Å². The molecule has 0 aromatic carbocycles. The van der Waals surface area contributed by atoms with Gasteiger partial charge in [0.15, 0.2) is 0 Å². The van der Waals surface area contributed by atoms with Gasteiger partial charge in [0.05, 0.1) is 12.0 Å². The molecule has 0 amide bonds. The van der Waals surface area contributed by atoms with Crippen LogP contribution in [0.25, 0.3) is 0 Å². The number of carbonyl (C=O) groups is 2. The lowest BCUT2D eigenvalue weighted by molar-refractivity contribution is -0.133. The van der Waals surface area contributed by atoms with Gasteiger partial charge in [0.25, 0.3) is 0 Å². The lowest BCUT2D eigenvalue weighted by Gasteiger charge is -2.04. The first-order chi connectivity index (χ1) is 6.65. The fourth-order valence-electron chi connectivity index (χ4n) is 0.978. The molecule has 0 bridgehead atoms. The first kappa shape index (κ1) is 10.2. The Labute approximate surface area is 79.9 Å². The van der Waals surface area contributed by atoms with Gasteiger partial charge in [-0.2, -0.15) is 0 Å². The minimum Gasteiger partial charge on any atom is -0.478 e. The van der Waals surface area contributed by atoms with Gasteiger partial charge < -0.3 is 9.90 Å². The summed E-state index contributed by atoms with van der Waals surface area (Å²) >= 11 is 0. The number of carboxylic acids is 1. The van der Waals surface area contributed by atoms with Crippen LogP contribution in [0.3, 0.4) is 0 Å². The van der Waals surface area contributed by atoms with E-state index in [1.807, 2.05) is 0 Å². The van der Waals surface area contributed by atoms with Gasteiger partial charge in [-0.25, -0.2) is 9.18 Å². The summed E-state index contributed by atoms with van der Waals surface area (Å²) in [6.45, 7) is 0. The van der Waals surface area contributed by atoms with Crippen molar-refractivity contribution in [2.45, 2.75) is 6.42 Å². The van der Waals surface area contributed by atoms with Gasteiger partial charge in [0.1, 0.15) is 18.0 Å². The zero-order chi connectivity index (χ0) is 10.6. The molecule has 1 aliphatic rings. The molecule has 0 saturated heterocycles. The second kappa shape index (κ2) is 4.38. The molecule has 0 aromatic heterocycles. The number of halogens is 1. The minimum absolute atomic E-state index is 0.0895. The summed E-state index contributed by atoms with van der Waals surface area (Å²) in [6, 6.07) is 0. The van der Waals surface area contributed by atoms with Crippen LogP contribution in [-0.4, -0.2) is 17.4 Å². The molecule has 0 unspecified atom stereocenters. The number of rotatable bonds is 2. The van der Waals surface area contributed by atoms with Crippen LogP contribution in [0.2, 0.25) is 0 Å². The molecule has 1 aliphatic carbocycles. The molecule has 14 heavy (non-hydrogen) atoms. The van der Waals surface area contributed by atoms with Crippen molar-refractivity contribution in [1.29, 1.82) is 0 Å². The summed E-state index contributed by atoms with van der Waals surface area (Å²) < 4.78 is 12.7. The van der Waals surface area contributed by atoms with E-state index in [-0.39, 0.29) is 12.0 Å². The Balaban J connectivity index is 3.13. The molecule has 0 saturated carbocycles. The van der Waals surface area contributed by atoms with Gasteiger partial charge in [-0.05, 0) is 12.2 Å². The molecule has 1 rings (SSSR count). The van der Waals surface area contributed by atoms with Crippen molar-refractivity contribution < 1.29 is 19.1 Å². The van der Waals surface area contributed by atoms with Gasteiger partial charge in [-0.1, -0.05) is 11.8 Å². The molecular formula is C10H7FO3. The highest BCUT2D eigenvalue weighted by atomic mass is 19.1. The maximum absolute atomic E-state index is 12.7. The number of hydrogen-bond donors (Lipinski definition) is 1. The molecule has 1 atom stereocenters. The van der Waals surface area contributed by atoms with Gasteiger partial charge >= 0.3 is 5.97 Å². The summed E-state index contributed by atoms with van der Waals surface area (Å²) in [4.78, 5) is 21.1. The van der Waals surface area contributed by atoms with Crippen LogP contribution in [0.15, 0.2) is 23.6 Å². The summed E-state index contributed by atoms with van der Waals surface area (Å²) in [7, 11) is 0. The SMILES string of the molecule is O=C[C@H]1C#CC/C(F)=C\C=C1C(=O)O. The van der Waals surface area contributed by atoms with E-state index in [0.29, 0.717) is 6.29 Å². The highest BCUT2D eigenvalue weighted by Gasteiger charge is 2.18. The Morgan fingerprint density at radius 1 is 1.64 bits per heavy atom. The topological polar surface area (TPSA) is 54.4 Å². The molecule has 0 spiro atoms. The normalized spacial score (nSPS) is 24.2. The molecule has 4 heteroatoms. The van der Waals surface area contributed by atoms with Crippen LogP contribution >= 0.6 is 0 Å². The summed E-state index contributed by atoms with van der Waals surface area (Å²) in [5.41, 5.74) is -0.206. The molecule has 0 radical (unpaired) electrons. The third kappa shape index (κ3) is 2.30. The molecule has 0 aliphatic heterocycles. The maximum atomic E-state index is 12.7.